The Morgan fingerprint density at radius 1 is 0.950 bits per heavy atom. The number of hydrogen-bond acceptors (Lipinski definition) is 2. The van der Waals surface area contributed by atoms with Gasteiger partial charge in [0.1, 0.15) is 0 Å². The van der Waals surface area contributed by atoms with E-state index in [2.05, 4.69) is 6.58 Å². The van der Waals surface area contributed by atoms with Crippen molar-refractivity contribution in [1.82, 2.24) is 0 Å². The van der Waals surface area contributed by atoms with Crippen molar-refractivity contribution in [3.8, 4) is 0 Å². The Balaban J connectivity index is 2.07. The predicted octanol–water partition coefficient (Wildman–Crippen LogP) is 3.73. The van der Waals surface area contributed by atoms with Gasteiger partial charge >= 0.3 is 0 Å². The highest BCUT2D eigenvalue weighted by Crippen LogP contribution is 2.14. The smallest absolute Gasteiger partial charge is 0.182 e. The van der Waals surface area contributed by atoms with Crippen molar-refractivity contribution in [2.75, 3.05) is 5.75 Å². The summed E-state index contributed by atoms with van der Waals surface area (Å²) in [4.78, 5) is 0.328. The molecule has 2 aromatic rings. The zero-order chi connectivity index (χ0) is 14.4. The Morgan fingerprint density at radius 2 is 1.50 bits per heavy atom. The Kier molecular flexibility index (Phi) is 4.53. The van der Waals surface area contributed by atoms with Gasteiger partial charge in [-0.05, 0) is 23.3 Å². The first kappa shape index (κ1) is 14.3. The Hall–Kier alpha value is -2.13. The van der Waals surface area contributed by atoms with Gasteiger partial charge in [0.25, 0.3) is 0 Å². The minimum absolute atomic E-state index is 0.0691. The van der Waals surface area contributed by atoms with Gasteiger partial charge in [0, 0.05) is 0 Å². The van der Waals surface area contributed by atoms with E-state index in [9.17, 15) is 8.42 Å². The quantitative estimate of drug-likeness (QED) is 0.784. The van der Waals surface area contributed by atoms with Crippen LogP contribution in [0.1, 0.15) is 5.56 Å². The zero-order valence-electron chi connectivity index (χ0n) is 11.1. The first-order valence-corrected chi connectivity index (χ1v) is 7.92. The first-order valence-electron chi connectivity index (χ1n) is 6.27. The van der Waals surface area contributed by atoms with Gasteiger partial charge in [-0.1, -0.05) is 67.3 Å². The molecule has 3 heteroatoms. The molecule has 0 N–H and O–H groups in total. The summed E-state index contributed by atoms with van der Waals surface area (Å²) in [6.07, 6.45) is 3.61. The van der Waals surface area contributed by atoms with E-state index in [-0.39, 0.29) is 5.75 Å². The van der Waals surface area contributed by atoms with E-state index in [1.54, 1.807) is 36.4 Å². The van der Waals surface area contributed by atoms with E-state index in [0.717, 1.165) is 5.56 Å². The standard InChI is InChI=1S/C17H16O2S/c1-15(12-13-16-8-4-2-5-9-16)14-20(18,19)17-10-6-3-7-11-17/h2-13H,1,14H2/b13-12+. The van der Waals surface area contributed by atoms with Crippen molar-refractivity contribution in [2.45, 2.75) is 4.90 Å². The lowest BCUT2D eigenvalue weighted by Gasteiger charge is -2.04. The Morgan fingerprint density at radius 3 is 2.10 bits per heavy atom. The van der Waals surface area contributed by atoms with Gasteiger partial charge in [-0.3, -0.25) is 0 Å². The zero-order valence-corrected chi connectivity index (χ0v) is 11.9. The predicted molar refractivity (Wildman–Crippen MR) is 83.1 cm³/mol. The fourth-order valence-electron chi connectivity index (χ4n) is 1.78. The van der Waals surface area contributed by atoms with Crippen LogP contribution in [0.4, 0.5) is 0 Å². The van der Waals surface area contributed by atoms with Crippen LogP contribution in [0.5, 0.6) is 0 Å². The largest absolute Gasteiger partial charge is 0.223 e. The maximum Gasteiger partial charge on any atom is 0.182 e. The van der Waals surface area contributed by atoms with E-state index in [1.807, 2.05) is 36.4 Å². The molecule has 2 rings (SSSR count). The van der Waals surface area contributed by atoms with Crippen molar-refractivity contribution in [2.24, 2.45) is 0 Å². The molecule has 2 aromatic carbocycles. The second kappa shape index (κ2) is 6.35. The maximum atomic E-state index is 12.2. The summed E-state index contributed by atoms with van der Waals surface area (Å²) in [5.41, 5.74) is 1.59. The van der Waals surface area contributed by atoms with Crippen LogP contribution in [0.15, 0.2) is 83.8 Å². The van der Waals surface area contributed by atoms with Gasteiger partial charge in [-0.2, -0.15) is 0 Å². The molecule has 102 valence electrons. The summed E-state index contributed by atoms with van der Waals surface area (Å²) in [6, 6.07) is 18.1. The topological polar surface area (TPSA) is 34.1 Å². The van der Waals surface area contributed by atoms with E-state index in [0.29, 0.717) is 10.5 Å². The molecule has 0 heterocycles. The highest BCUT2D eigenvalue weighted by Gasteiger charge is 2.13. The van der Waals surface area contributed by atoms with Gasteiger partial charge in [-0.25, -0.2) is 8.42 Å². The van der Waals surface area contributed by atoms with Crippen molar-refractivity contribution in [3.05, 3.63) is 84.5 Å². The molecule has 0 aliphatic heterocycles. The molecule has 0 saturated carbocycles. The molecule has 2 nitrogen and oxygen atoms in total. The lowest BCUT2D eigenvalue weighted by atomic mass is 10.2. The van der Waals surface area contributed by atoms with Crippen LogP contribution in [0.2, 0.25) is 0 Å². The van der Waals surface area contributed by atoms with E-state index < -0.39 is 9.84 Å². The molecule has 0 bridgehead atoms. The highest BCUT2D eigenvalue weighted by atomic mass is 32.2. The molecule has 0 atom stereocenters. The number of hydrogen-bond donors (Lipinski definition) is 0. The molecule has 0 aliphatic rings. The third-order valence-corrected chi connectivity index (χ3v) is 4.53. The molecule has 20 heavy (non-hydrogen) atoms. The summed E-state index contributed by atoms with van der Waals surface area (Å²) in [5, 5.41) is 0. The van der Waals surface area contributed by atoms with Crippen LogP contribution in [0.25, 0.3) is 6.08 Å². The minimum atomic E-state index is -3.31. The summed E-state index contributed by atoms with van der Waals surface area (Å²) >= 11 is 0. The number of allylic oxidation sites excluding steroid dienone is 1. The third kappa shape index (κ3) is 3.93. The van der Waals surface area contributed by atoms with Crippen LogP contribution >= 0.6 is 0 Å². The number of sulfone groups is 1. The third-order valence-electron chi connectivity index (χ3n) is 2.79. The fourth-order valence-corrected chi connectivity index (χ4v) is 3.10. The molecule has 0 amide bonds. The molecule has 0 aromatic heterocycles. The second-order valence-corrected chi connectivity index (χ2v) is 6.46. The summed E-state index contributed by atoms with van der Waals surface area (Å²) in [5.74, 6) is -0.0691. The number of rotatable bonds is 5. The van der Waals surface area contributed by atoms with Crippen molar-refractivity contribution < 1.29 is 8.42 Å². The molecular weight excluding hydrogens is 268 g/mol. The van der Waals surface area contributed by atoms with Crippen molar-refractivity contribution in [3.63, 3.8) is 0 Å². The lowest BCUT2D eigenvalue weighted by Crippen LogP contribution is -2.07. The van der Waals surface area contributed by atoms with Gasteiger partial charge in [-0.15, -0.1) is 0 Å². The molecule has 0 saturated heterocycles. The highest BCUT2D eigenvalue weighted by molar-refractivity contribution is 7.91. The van der Waals surface area contributed by atoms with Crippen LogP contribution in [-0.4, -0.2) is 14.2 Å². The SMILES string of the molecule is C=C(/C=C/c1ccccc1)CS(=O)(=O)c1ccccc1. The van der Waals surface area contributed by atoms with E-state index in [1.165, 1.54) is 0 Å². The van der Waals surface area contributed by atoms with Gasteiger partial charge < -0.3 is 0 Å². The van der Waals surface area contributed by atoms with Crippen molar-refractivity contribution >= 4 is 15.9 Å². The number of benzene rings is 2. The molecule has 0 radical (unpaired) electrons. The molecular formula is C17H16O2S. The van der Waals surface area contributed by atoms with E-state index in [4.69, 9.17) is 0 Å². The molecule has 0 unspecified atom stereocenters. The van der Waals surface area contributed by atoms with Crippen LogP contribution in [0, 0.1) is 0 Å². The van der Waals surface area contributed by atoms with E-state index >= 15 is 0 Å². The fraction of sp³-hybridized carbons (Fsp3) is 0.0588. The summed E-state index contributed by atoms with van der Waals surface area (Å²) < 4.78 is 24.3. The van der Waals surface area contributed by atoms with Gasteiger partial charge in [0.15, 0.2) is 9.84 Å². The molecule has 0 aliphatic carbocycles. The normalized spacial score (nSPS) is 11.6. The summed E-state index contributed by atoms with van der Waals surface area (Å²) in [7, 11) is -3.31. The average molecular weight is 284 g/mol. The Bertz CT molecular complexity index is 699. The van der Waals surface area contributed by atoms with Gasteiger partial charge in [0.2, 0.25) is 0 Å². The van der Waals surface area contributed by atoms with Crippen LogP contribution in [-0.2, 0) is 9.84 Å². The minimum Gasteiger partial charge on any atom is -0.223 e. The Labute approximate surface area is 120 Å². The van der Waals surface area contributed by atoms with Gasteiger partial charge in [0.05, 0.1) is 10.6 Å². The maximum absolute atomic E-state index is 12.2. The van der Waals surface area contributed by atoms with Crippen LogP contribution in [0.3, 0.4) is 0 Å². The van der Waals surface area contributed by atoms with Crippen LogP contribution < -0.4 is 0 Å². The average Bonchev–Trinajstić information content (AvgIpc) is 2.47. The lowest BCUT2D eigenvalue weighted by molar-refractivity contribution is 0.598. The summed E-state index contributed by atoms with van der Waals surface area (Å²) in [6.45, 7) is 3.81. The molecule has 0 spiro atoms. The van der Waals surface area contributed by atoms with Crippen molar-refractivity contribution in [1.29, 1.82) is 0 Å². The second-order valence-electron chi connectivity index (χ2n) is 4.47. The first-order chi connectivity index (χ1) is 9.58. The molecule has 0 fully saturated rings. The monoisotopic (exact) mass is 284 g/mol.